The van der Waals surface area contributed by atoms with Crippen molar-refractivity contribution >= 4 is 28.9 Å². The first-order valence-corrected chi connectivity index (χ1v) is 6.32. The van der Waals surface area contributed by atoms with Crippen LogP contribution in [0.25, 0.3) is 0 Å². The van der Waals surface area contributed by atoms with E-state index in [9.17, 15) is 4.79 Å². The fourth-order valence-electron chi connectivity index (χ4n) is 1.57. The summed E-state index contributed by atoms with van der Waals surface area (Å²) in [6.07, 6.45) is 1.70. The van der Waals surface area contributed by atoms with Crippen LogP contribution in [0, 0.1) is 0 Å². The molecule has 1 amide bonds. The number of amides is 1. The zero-order valence-electron chi connectivity index (χ0n) is 10.2. The van der Waals surface area contributed by atoms with E-state index in [1.54, 1.807) is 7.05 Å². The highest BCUT2D eigenvalue weighted by molar-refractivity contribution is 7.10. The van der Waals surface area contributed by atoms with Crippen LogP contribution in [0.1, 0.15) is 10.4 Å². The van der Waals surface area contributed by atoms with E-state index in [-0.39, 0.29) is 18.2 Å². The predicted molar refractivity (Wildman–Crippen MR) is 72.4 cm³/mol. The molecule has 0 saturated heterocycles. The lowest BCUT2D eigenvalue weighted by Crippen LogP contribution is -2.20. The Bertz CT molecular complexity index is 603. The monoisotopic (exact) mass is 279 g/mol. The van der Waals surface area contributed by atoms with Crippen molar-refractivity contribution in [3.63, 3.8) is 0 Å². The van der Waals surface area contributed by atoms with Crippen LogP contribution in [0.15, 0.2) is 28.9 Å². The van der Waals surface area contributed by atoms with Gasteiger partial charge in [-0.25, -0.2) is 0 Å². The van der Waals surface area contributed by atoms with Gasteiger partial charge < -0.3 is 16.3 Å². The molecule has 2 heterocycles. The van der Waals surface area contributed by atoms with Crippen molar-refractivity contribution in [2.75, 3.05) is 5.32 Å². The molecule has 0 atom stereocenters. The number of aromatic nitrogens is 2. The second-order valence-corrected chi connectivity index (χ2v) is 4.85. The summed E-state index contributed by atoms with van der Waals surface area (Å²) in [7, 11) is 1.66. The Labute approximate surface area is 113 Å². The van der Waals surface area contributed by atoms with Gasteiger partial charge in [0.15, 0.2) is 5.84 Å². The Balaban J connectivity index is 2.14. The number of thiophene rings is 1. The Kier molecular flexibility index (Phi) is 3.81. The minimum atomic E-state index is -0.182. The van der Waals surface area contributed by atoms with Crippen LogP contribution in [0.4, 0.5) is 5.82 Å². The third-order valence-corrected chi connectivity index (χ3v) is 3.37. The van der Waals surface area contributed by atoms with Crippen molar-refractivity contribution in [3.05, 3.63) is 34.2 Å². The van der Waals surface area contributed by atoms with Gasteiger partial charge in [0, 0.05) is 11.9 Å². The Hall–Kier alpha value is -2.35. The lowest BCUT2D eigenvalue weighted by Gasteiger charge is -2.07. The SMILES string of the molecule is Cn1ncc(C(N)=NO)c1NC(=O)Cc1cccs1. The Morgan fingerprint density at radius 3 is 3.11 bits per heavy atom. The van der Waals surface area contributed by atoms with E-state index >= 15 is 0 Å². The third kappa shape index (κ3) is 2.91. The van der Waals surface area contributed by atoms with Crippen molar-refractivity contribution in [3.8, 4) is 0 Å². The number of hydrogen-bond acceptors (Lipinski definition) is 5. The highest BCUT2D eigenvalue weighted by Crippen LogP contribution is 2.15. The number of carbonyl (C=O) groups excluding carboxylic acids is 1. The molecule has 0 radical (unpaired) electrons. The molecule has 19 heavy (non-hydrogen) atoms. The smallest absolute Gasteiger partial charge is 0.230 e. The van der Waals surface area contributed by atoms with Gasteiger partial charge in [0.25, 0.3) is 0 Å². The second-order valence-electron chi connectivity index (χ2n) is 3.82. The molecular weight excluding hydrogens is 266 g/mol. The number of aryl methyl sites for hydroxylation is 1. The quantitative estimate of drug-likeness (QED) is 0.332. The third-order valence-electron chi connectivity index (χ3n) is 2.50. The number of nitrogens with one attached hydrogen (secondary N) is 1. The maximum Gasteiger partial charge on any atom is 0.230 e. The lowest BCUT2D eigenvalue weighted by atomic mass is 10.3. The maximum absolute atomic E-state index is 11.9. The number of hydrogen-bond donors (Lipinski definition) is 3. The van der Waals surface area contributed by atoms with Gasteiger partial charge in [-0.3, -0.25) is 9.48 Å². The van der Waals surface area contributed by atoms with Gasteiger partial charge in [-0.15, -0.1) is 11.3 Å². The van der Waals surface area contributed by atoms with E-state index in [0.717, 1.165) is 4.88 Å². The molecule has 0 aliphatic carbocycles. The van der Waals surface area contributed by atoms with Gasteiger partial charge in [0.05, 0.1) is 18.2 Å². The number of anilines is 1. The van der Waals surface area contributed by atoms with Crippen molar-refractivity contribution in [2.45, 2.75) is 6.42 Å². The molecule has 0 unspecified atom stereocenters. The Morgan fingerprint density at radius 2 is 2.47 bits per heavy atom. The van der Waals surface area contributed by atoms with E-state index < -0.39 is 0 Å². The summed E-state index contributed by atoms with van der Waals surface area (Å²) in [4.78, 5) is 12.9. The molecule has 7 nitrogen and oxygen atoms in total. The van der Waals surface area contributed by atoms with Crippen LogP contribution in [-0.2, 0) is 18.3 Å². The highest BCUT2D eigenvalue weighted by Gasteiger charge is 2.15. The molecule has 0 spiro atoms. The summed E-state index contributed by atoms with van der Waals surface area (Å²) in [5, 5.41) is 20.2. The lowest BCUT2D eigenvalue weighted by molar-refractivity contribution is -0.115. The zero-order chi connectivity index (χ0) is 13.8. The fourth-order valence-corrected chi connectivity index (χ4v) is 2.28. The summed E-state index contributed by atoms with van der Waals surface area (Å²) in [6, 6.07) is 3.77. The summed E-state index contributed by atoms with van der Waals surface area (Å²) in [6.45, 7) is 0. The minimum Gasteiger partial charge on any atom is -0.409 e. The summed E-state index contributed by atoms with van der Waals surface area (Å²) >= 11 is 1.51. The van der Waals surface area contributed by atoms with Crippen LogP contribution in [0.3, 0.4) is 0 Å². The van der Waals surface area contributed by atoms with Crippen LogP contribution in [0.5, 0.6) is 0 Å². The molecule has 2 rings (SSSR count). The molecule has 0 aromatic carbocycles. The first-order valence-electron chi connectivity index (χ1n) is 5.44. The first-order chi connectivity index (χ1) is 9.11. The molecule has 0 aliphatic rings. The molecule has 0 fully saturated rings. The fraction of sp³-hybridized carbons (Fsp3) is 0.182. The van der Waals surface area contributed by atoms with Crippen molar-refractivity contribution in [1.29, 1.82) is 0 Å². The van der Waals surface area contributed by atoms with Gasteiger partial charge in [0.1, 0.15) is 5.82 Å². The van der Waals surface area contributed by atoms with Gasteiger partial charge in [-0.1, -0.05) is 11.2 Å². The van der Waals surface area contributed by atoms with Crippen LogP contribution >= 0.6 is 11.3 Å². The zero-order valence-corrected chi connectivity index (χ0v) is 11.0. The molecule has 2 aromatic rings. The van der Waals surface area contributed by atoms with Gasteiger partial charge >= 0.3 is 0 Å². The number of rotatable bonds is 4. The molecule has 100 valence electrons. The average molecular weight is 279 g/mol. The van der Waals surface area contributed by atoms with Crippen LogP contribution in [0.2, 0.25) is 0 Å². The van der Waals surface area contributed by atoms with E-state index in [0.29, 0.717) is 11.4 Å². The van der Waals surface area contributed by atoms with Gasteiger partial charge in [-0.05, 0) is 11.4 Å². The summed E-state index contributed by atoms with van der Waals surface area (Å²) in [5.41, 5.74) is 5.90. The van der Waals surface area contributed by atoms with Gasteiger partial charge in [0.2, 0.25) is 5.91 Å². The summed E-state index contributed by atoms with van der Waals surface area (Å²) in [5.74, 6) is 0.120. The average Bonchev–Trinajstić information content (AvgIpc) is 3.00. The molecule has 2 aromatic heterocycles. The maximum atomic E-state index is 11.9. The van der Waals surface area contributed by atoms with Gasteiger partial charge in [-0.2, -0.15) is 5.10 Å². The van der Waals surface area contributed by atoms with Crippen molar-refractivity contribution < 1.29 is 10.0 Å². The number of nitrogens with two attached hydrogens (primary N) is 1. The van der Waals surface area contributed by atoms with E-state index in [2.05, 4.69) is 15.6 Å². The Morgan fingerprint density at radius 1 is 1.68 bits per heavy atom. The largest absolute Gasteiger partial charge is 0.409 e. The number of oxime groups is 1. The topological polar surface area (TPSA) is 106 Å². The number of carbonyl (C=O) groups is 1. The molecule has 8 heteroatoms. The van der Waals surface area contributed by atoms with Crippen molar-refractivity contribution in [2.24, 2.45) is 17.9 Å². The molecular formula is C11H13N5O2S. The predicted octanol–water partition coefficient (Wildman–Crippen LogP) is 0.757. The van der Waals surface area contributed by atoms with Crippen LogP contribution < -0.4 is 11.1 Å². The van der Waals surface area contributed by atoms with E-state index in [1.807, 2.05) is 17.5 Å². The van der Waals surface area contributed by atoms with E-state index in [1.165, 1.54) is 22.2 Å². The molecule has 0 saturated carbocycles. The first kappa shape index (κ1) is 13.1. The number of nitrogens with zero attached hydrogens (tertiary/aromatic N) is 3. The molecule has 0 bridgehead atoms. The highest BCUT2D eigenvalue weighted by atomic mass is 32.1. The number of amidine groups is 1. The normalized spacial score (nSPS) is 11.5. The standard InChI is InChI=1S/C11H13N5O2S/c1-16-11(8(6-13-16)10(12)15-18)14-9(17)5-7-3-2-4-19-7/h2-4,6,18H,5H2,1H3,(H2,12,15)(H,14,17). The summed E-state index contributed by atoms with van der Waals surface area (Å²) < 4.78 is 1.46. The van der Waals surface area contributed by atoms with E-state index in [4.69, 9.17) is 10.9 Å². The molecule has 4 N–H and O–H groups in total. The van der Waals surface area contributed by atoms with Crippen molar-refractivity contribution in [1.82, 2.24) is 9.78 Å². The van der Waals surface area contributed by atoms with Crippen LogP contribution in [-0.4, -0.2) is 26.7 Å². The molecule has 0 aliphatic heterocycles. The second kappa shape index (κ2) is 5.53. The minimum absolute atomic E-state index is 0.0977.